The Morgan fingerprint density at radius 1 is 1.05 bits per heavy atom. The fourth-order valence-corrected chi connectivity index (χ4v) is 2.82. The Morgan fingerprint density at radius 2 is 1.73 bits per heavy atom. The molecule has 0 unspecified atom stereocenters. The molecular formula is C17H21O4P. The highest BCUT2D eigenvalue weighted by atomic mass is 31.2. The molecule has 0 atom stereocenters. The van der Waals surface area contributed by atoms with E-state index in [1.54, 1.807) is 6.07 Å². The molecule has 22 heavy (non-hydrogen) atoms. The lowest BCUT2D eigenvalue weighted by Crippen LogP contribution is -2.12. The van der Waals surface area contributed by atoms with E-state index in [1.807, 2.05) is 36.4 Å². The molecule has 0 aromatic heterocycles. The zero-order valence-electron chi connectivity index (χ0n) is 12.8. The summed E-state index contributed by atoms with van der Waals surface area (Å²) in [6, 6.07) is 14.4. The lowest BCUT2D eigenvalue weighted by atomic mass is 10.1. The Morgan fingerprint density at radius 3 is 2.32 bits per heavy atom. The molecule has 0 radical (unpaired) electrons. The van der Waals surface area contributed by atoms with Gasteiger partial charge in [0.15, 0.2) is 0 Å². The van der Waals surface area contributed by atoms with E-state index in [4.69, 9.17) is 4.74 Å². The molecule has 2 aromatic carbocycles. The molecule has 118 valence electrons. The quantitative estimate of drug-likeness (QED) is 0.798. The fourth-order valence-electron chi connectivity index (χ4n) is 2.08. The molecule has 0 saturated heterocycles. The van der Waals surface area contributed by atoms with Crippen LogP contribution in [-0.4, -0.2) is 16.4 Å². The van der Waals surface area contributed by atoms with Gasteiger partial charge in [0, 0.05) is 0 Å². The monoisotopic (exact) mass is 320 g/mol. The summed E-state index contributed by atoms with van der Waals surface area (Å²) in [6.07, 6.45) is 0.834. The van der Waals surface area contributed by atoms with Gasteiger partial charge in [-0.1, -0.05) is 50.2 Å². The molecule has 0 amide bonds. The highest BCUT2D eigenvalue weighted by Crippen LogP contribution is 2.39. The molecule has 0 fully saturated rings. The van der Waals surface area contributed by atoms with Crippen molar-refractivity contribution >= 4 is 12.9 Å². The number of hydrogen-bond donors (Lipinski definition) is 2. The zero-order valence-corrected chi connectivity index (χ0v) is 13.7. The third-order valence-electron chi connectivity index (χ3n) is 3.33. The van der Waals surface area contributed by atoms with E-state index >= 15 is 0 Å². The maximum Gasteiger partial charge on any atom is 0.359 e. The molecular weight excluding hydrogens is 299 g/mol. The topological polar surface area (TPSA) is 66.8 Å². The smallest absolute Gasteiger partial charge is 0.359 e. The summed E-state index contributed by atoms with van der Waals surface area (Å²) in [5.74, 6) is 0.732. The standard InChI is InChI=1S/C17H21O4P/c1-13(2)10-11-21-16-9-8-15(12-17(16)22(18,19)20)14-6-4-3-5-7-14/h3-9,12-13H,10-11H2,1-2H3,(H2,18,19,20). The average molecular weight is 320 g/mol. The highest BCUT2D eigenvalue weighted by Gasteiger charge is 2.23. The summed E-state index contributed by atoms with van der Waals surface area (Å²) in [6.45, 7) is 4.59. The van der Waals surface area contributed by atoms with Gasteiger partial charge in [-0.3, -0.25) is 4.57 Å². The second-order valence-corrected chi connectivity index (χ2v) is 7.19. The minimum Gasteiger partial charge on any atom is -0.493 e. The van der Waals surface area contributed by atoms with Crippen molar-refractivity contribution in [3.8, 4) is 16.9 Å². The first-order valence-corrected chi connectivity index (χ1v) is 8.87. The van der Waals surface area contributed by atoms with Crippen molar-refractivity contribution in [2.24, 2.45) is 5.92 Å². The van der Waals surface area contributed by atoms with Crippen LogP contribution in [0.15, 0.2) is 48.5 Å². The Hall–Kier alpha value is -1.61. The molecule has 0 spiro atoms. The molecule has 2 aromatic rings. The van der Waals surface area contributed by atoms with E-state index in [-0.39, 0.29) is 11.1 Å². The second-order valence-electron chi connectivity index (χ2n) is 5.62. The van der Waals surface area contributed by atoms with Gasteiger partial charge in [0.05, 0.1) is 6.61 Å². The van der Waals surface area contributed by atoms with Gasteiger partial charge in [0.1, 0.15) is 11.1 Å². The van der Waals surface area contributed by atoms with E-state index in [0.29, 0.717) is 12.5 Å². The maximum atomic E-state index is 11.7. The van der Waals surface area contributed by atoms with Crippen LogP contribution in [0.2, 0.25) is 0 Å². The van der Waals surface area contributed by atoms with Gasteiger partial charge in [-0.2, -0.15) is 0 Å². The summed E-state index contributed by atoms with van der Waals surface area (Å²) >= 11 is 0. The predicted molar refractivity (Wildman–Crippen MR) is 88.5 cm³/mol. The molecule has 0 saturated carbocycles. The van der Waals surface area contributed by atoms with Gasteiger partial charge in [-0.25, -0.2) is 0 Å². The summed E-state index contributed by atoms with van der Waals surface area (Å²) < 4.78 is 17.3. The normalized spacial score (nSPS) is 11.7. The van der Waals surface area contributed by atoms with Crippen molar-refractivity contribution in [1.82, 2.24) is 0 Å². The SMILES string of the molecule is CC(C)CCOc1ccc(-c2ccccc2)cc1P(=O)(O)O. The van der Waals surface area contributed by atoms with Crippen molar-refractivity contribution in [2.45, 2.75) is 20.3 Å². The van der Waals surface area contributed by atoms with Gasteiger partial charge in [-0.05, 0) is 35.6 Å². The van der Waals surface area contributed by atoms with E-state index in [2.05, 4.69) is 13.8 Å². The molecule has 0 aliphatic rings. The Bertz CT molecular complexity index is 662. The minimum absolute atomic E-state index is 0.0578. The van der Waals surface area contributed by atoms with Crippen LogP contribution in [0, 0.1) is 5.92 Å². The lowest BCUT2D eigenvalue weighted by Gasteiger charge is -2.15. The van der Waals surface area contributed by atoms with Gasteiger partial charge >= 0.3 is 7.60 Å². The fraction of sp³-hybridized carbons (Fsp3) is 0.294. The molecule has 2 rings (SSSR count). The zero-order chi connectivity index (χ0) is 16.2. The van der Waals surface area contributed by atoms with Crippen molar-refractivity contribution in [2.75, 3.05) is 6.61 Å². The highest BCUT2D eigenvalue weighted by molar-refractivity contribution is 7.60. The van der Waals surface area contributed by atoms with Crippen molar-refractivity contribution in [3.63, 3.8) is 0 Å². The van der Waals surface area contributed by atoms with E-state index in [0.717, 1.165) is 17.5 Å². The first-order chi connectivity index (χ1) is 10.4. The molecule has 0 aliphatic heterocycles. The second kappa shape index (κ2) is 7.10. The predicted octanol–water partition coefficient (Wildman–Crippen LogP) is 3.58. The Balaban J connectivity index is 2.33. The van der Waals surface area contributed by atoms with Crippen LogP contribution in [0.4, 0.5) is 0 Å². The lowest BCUT2D eigenvalue weighted by molar-refractivity contribution is 0.290. The van der Waals surface area contributed by atoms with Crippen LogP contribution in [-0.2, 0) is 4.57 Å². The molecule has 0 heterocycles. The Labute approximate surface area is 130 Å². The third kappa shape index (κ3) is 4.44. The van der Waals surface area contributed by atoms with Crippen LogP contribution in [0.3, 0.4) is 0 Å². The minimum atomic E-state index is -4.39. The van der Waals surface area contributed by atoms with Crippen LogP contribution >= 0.6 is 7.60 Å². The van der Waals surface area contributed by atoms with Crippen molar-refractivity contribution in [3.05, 3.63) is 48.5 Å². The first-order valence-electron chi connectivity index (χ1n) is 7.26. The first kappa shape index (κ1) is 16.8. The van der Waals surface area contributed by atoms with E-state index in [9.17, 15) is 14.4 Å². The largest absolute Gasteiger partial charge is 0.493 e. The number of benzene rings is 2. The van der Waals surface area contributed by atoms with Crippen LogP contribution in [0.25, 0.3) is 11.1 Å². The van der Waals surface area contributed by atoms with Gasteiger partial charge < -0.3 is 14.5 Å². The molecule has 2 N–H and O–H groups in total. The van der Waals surface area contributed by atoms with Crippen LogP contribution in [0.1, 0.15) is 20.3 Å². The van der Waals surface area contributed by atoms with E-state index < -0.39 is 7.60 Å². The molecule has 0 bridgehead atoms. The molecule has 4 nitrogen and oxygen atoms in total. The van der Waals surface area contributed by atoms with Gasteiger partial charge in [-0.15, -0.1) is 0 Å². The summed E-state index contributed by atoms with van der Waals surface area (Å²) in [5, 5.41) is -0.0578. The number of ether oxygens (including phenoxy) is 1. The van der Waals surface area contributed by atoms with Gasteiger partial charge in [0.2, 0.25) is 0 Å². The number of hydrogen-bond acceptors (Lipinski definition) is 2. The van der Waals surface area contributed by atoms with Crippen molar-refractivity contribution < 1.29 is 19.1 Å². The Kier molecular flexibility index (Phi) is 5.41. The summed E-state index contributed by atoms with van der Waals surface area (Å²) in [5.41, 5.74) is 1.67. The third-order valence-corrected chi connectivity index (χ3v) is 4.31. The average Bonchev–Trinajstić information content (AvgIpc) is 2.47. The molecule has 0 aliphatic carbocycles. The molecule has 5 heteroatoms. The van der Waals surface area contributed by atoms with Crippen LogP contribution in [0.5, 0.6) is 5.75 Å². The van der Waals surface area contributed by atoms with Crippen LogP contribution < -0.4 is 10.0 Å². The van der Waals surface area contributed by atoms with E-state index in [1.165, 1.54) is 6.07 Å². The maximum absolute atomic E-state index is 11.7. The van der Waals surface area contributed by atoms with Crippen molar-refractivity contribution in [1.29, 1.82) is 0 Å². The summed E-state index contributed by atoms with van der Waals surface area (Å²) in [4.78, 5) is 19.2. The van der Waals surface area contributed by atoms with Gasteiger partial charge in [0.25, 0.3) is 0 Å². The summed E-state index contributed by atoms with van der Waals surface area (Å²) in [7, 11) is -4.39. The number of rotatable bonds is 6.